The summed E-state index contributed by atoms with van der Waals surface area (Å²) in [5.74, 6) is -2.52. The van der Waals surface area contributed by atoms with Crippen LogP contribution in [0, 0.1) is 0 Å². The Kier molecular flexibility index (Phi) is 6.33. The van der Waals surface area contributed by atoms with Gasteiger partial charge < -0.3 is 15.4 Å². The zero-order chi connectivity index (χ0) is 18.2. The fourth-order valence-electron chi connectivity index (χ4n) is 1.90. The van der Waals surface area contributed by atoms with E-state index in [1.807, 2.05) is 5.43 Å². The quantitative estimate of drug-likeness (QED) is 0.397. The lowest BCUT2D eigenvalue weighted by Gasteiger charge is -2.11. The normalized spacial score (nSPS) is 12.7. The van der Waals surface area contributed by atoms with Crippen LogP contribution in [-0.4, -0.2) is 42.8 Å². The molecule has 0 radical (unpaired) electrons. The second-order valence-electron chi connectivity index (χ2n) is 5.36. The third-order valence-corrected chi connectivity index (χ3v) is 3.28. The Morgan fingerprint density at radius 2 is 1.80 bits per heavy atom. The molecule has 1 aromatic rings. The van der Waals surface area contributed by atoms with Gasteiger partial charge in [-0.3, -0.25) is 30.0 Å². The number of hydrogen-bond acceptors (Lipinski definition) is 5. The van der Waals surface area contributed by atoms with E-state index in [-0.39, 0.29) is 12.6 Å². The van der Waals surface area contributed by atoms with Crippen molar-refractivity contribution in [2.45, 2.75) is 25.8 Å². The largest absolute Gasteiger partial charge is 0.493 e. The predicted octanol–water partition coefficient (Wildman–Crippen LogP) is -0.759. The molecule has 1 aliphatic rings. The highest BCUT2D eigenvalue weighted by molar-refractivity contribution is 6.35. The molecule has 0 unspecified atom stereocenters. The number of rotatable bonds is 6. The van der Waals surface area contributed by atoms with Crippen LogP contribution < -0.4 is 26.2 Å². The number of hydrogen-bond donors (Lipinski definition) is 4. The number of amides is 4. The van der Waals surface area contributed by atoms with Gasteiger partial charge in [-0.15, -0.1) is 0 Å². The Labute approximate surface area is 144 Å². The first-order valence-corrected chi connectivity index (χ1v) is 7.91. The van der Waals surface area contributed by atoms with Crippen LogP contribution in [0.1, 0.15) is 30.1 Å². The molecule has 2 rings (SSSR count). The topological polar surface area (TPSA) is 126 Å². The smallest absolute Gasteiger partial charge is 0.327 e. The highest BCUT2D eigenvalue weighted by Crippen LogP contribution is 2.18. The van der Waals surface area contributed by atoms with Gasteiger partial charge in [-0.1, -0.05) is 12.1 Å². The molecule has 1 fully saturated rings. The Morgan fingerprint density at radius 3 is 2.48 bits per heavy atom. The summed E-state index contributed by atoms with van der Waals surface area (Å²) in [5.41, 5.74) is 4.34. The predicted molar refractivity (Wildman–Crippen MR) is 87.4 cm³/mol. The average Bonchev–Trinajstić information content (AvgIpc) is 3.42. The maximum atomic E-state index is 12.1. The lowest BCUT2D eigenvalue weighted by molar-refractivity contribution is -0.140. The molecule has 25 heavy (non-hydrogen) atoms. The van der Waals surface area contributed by atoms with Gasteiger partial charge in [0.2, 0.25) is 0 Å². The molecule has 9 heteroatoms. The van der Waals surface area contributed by atoms with E-state index in [1.165, 1.54) is 0 Å². The number of benzene rings is 1. The van der Waals surface area contributed by atoms with E-state index >= 15 is 0 Å². The van der Waals surface area contributed by atoms with Crippen molar-refractivity contribution < 1.29 is 23.9 Å². The Balaban J connectivity index is 1.74. The third-order valence-electron chi connectivity index (χ3n) is 3.28. The number of nitrogens with one attached hydrogen (secondary N) is 4. The van der Waals surface area contributed by atoms with Crippen molar-refractivity contribution in [3.8, 4) is 5.75 Å². The third kappa shape index (κ3) is 5.79. The summed E-state index contributed by atoms with van der Waals surface area (Å²) in [6.07, 6.45) is 1.70. The van der Waals surface area contributed by atoms with E-state index in [0.29, 0.717) is 17.9 Å². The Hall–Kier alpha value is -3.10. The first-order valence-electron chi connectivity index (χ1n) is 7.91. The number of hydrazine groups is 1. The monoisotopic (exact) mass is 348 g/mol. The lowest BCUT2D eigenvalue weighted by atomic mass is 10.2. The van der Waals surface area contributed by atoms with Crippen molar-refractivity contribution in [3.05, 3.63) is 29.8 Å². The molecule has 0 aliphatic heterocycles. The van der Waals surface area contributed by atoms with E-state index in [2.05, 4.69) is 16.1 Å². The van der Waals surface area contributed by atoms with Gasteiger partial charge in [0.25, 0.3) is 11.8 Å². The van der Waals surface area contributed by atoms with Crippen molar-refractivity contribution in [3.63, 3.8) is 0 Å². The minimum Gasteiger partial charge on any atom is -0.493 e. The van der Waals surface area contributed by atoms with Gasteiger partial charge in [0, 0.05) is 6.04 Å². The fourth-order valence-corrected chi connectivity index (χ4v) is 1.90. The van der Waals surface area contributed by atoms with E-state index in [4.69, 9.17) is 4.74 Å². The lowest BCUT2D eigenvalue weighted by Crippen LogP contribution is -2.51. The molecular weight excluding hydrogens is 328 g/mol. The minimum atomic E-state index is -0.965. The van der Waals surface area contributed by atoms with Crippen molar-refractivity contribution in [1.29, 1.82) is 0 Å². The number of carbonyl (C=O) groups excluding carboxylic acids is 4. The molecule has 4 amide bonds. The molecule has 0 aromatic heterocycles. The molecule has 1 aliphatic carbocycles. The molecule has 134 valence electrons. The molecule has 0 heterocycles. The van der Waals surface area contributed by atoms with Gasteiger partial charge in [-0.2, -0.15) is 0 Å². The number of ether oxygens (including phenoxy) is 1. The summed E-state index contributed by atoms with van der Waals surface area (Å²) in [7, 11) is 0. The first kappa shape index (κ1) is 18.2. The molecule has 1 saturated carbocycles. The standard InChI is InChI=1S/C16H20N4O5/c1-2-25-12-6-4-3-5-11(12)14(22)17-9-13(21)19-20-16(24)15(23)18-10-7-8-10/h3-6,10H,2,7-9H2,1H3,(H,17,22)(H,18,23)(H,19,21)(H,20,24). The van der Waals surface area contributed by atoms with Crippen molar-refractivity contribution in [1.82, 2.24) is 21.5 Å². The van der Waals surface area contributed by atoms with Gasteiger partial charge in [-0.25, -0.2) is 0 Å². The molecule has 1 aromatic carbocycles. The highest BCUT2D eigenvalue weighted by Gasteiger charge is 2.26. The molecule has 0 bridgehead atoms. The van der Waals surface area contributed by atoms with Crippen molar-refractivity contribution >= 4 is 23.6 Å². The molecule has 4 N–H and O–H groups in total. The molecule has 0 atom stereocenters. The van der Waals surface area contributed by atoms with Crippen LogP contribution in [0.15, 0.2) is 24.3 Å². The summed E-state index contributed by atoms with van der Waals surface area (Å²) in [4.78, 5) is 46.6. The second kappa shape index (κ2) is 8.67. The summed E-state index contributed by atoms with van der Waals surface area (Å²) in [6, 6.07) is 6.67. The Bertz CT molecular complexity index is 672. The molecular formula is C16H20N4O5. The average molecular weight is 348 g/mol. The minimum absolute atomic E-state index is 0.0404. The SMILES string of the molecule is CCOc1ccccc1C(=O)NCC(=O)NNC(=O)C(=O)NC1CC1. The maximum Gasteiger partial charge on any atom is 0.327 e. The number of para-hydroxylation sites is 1. The second-order valence-corrected chi connectivity index (χ2v) is 5.36. The van der Waals surface area contributed by atoms with Crippen molar-refractivity contribution in [2.24, 2.45) is 0 Å². The van der Waals surface area contributed by atoms with Gasteiger partial charge in [0.1, 0.15) is 5.75 Å². The van der Waals surface area contributed by atoms with Crippen LogP contribution in [0.3, 0.4) is 0 Å². The van der Waals surface area contributed by atoms with Crippen molar-refractivity contribution in [2.75, 3.05) is 13.2 Å². The van der Waals surface area contributed by atoms with Crippen LogP contribution >= 0.6 is 0 Å². The van der Waals surface area contributed by atoms with Crippen LogP contribution in [0.4, 0.5) is 0 Å². The van der Waals surface area contributed by atoms with E-state index < -0.39 is 23.6 Å². The Morgan fingerprint density at radius 1 is 1.08 bits per heavy atom. The van der Waals surface area contributed by atoms with Gasteiger partial charge >= 0.3 is 11.8 Å². The van der Waals surface area contributed by atoms with Gasteiger partial charge in [0.05, 0.1) is 18.7 Å². The fraction of sp³-hybridized carbons (Fsp3) is 0.375. The van der Waals surface area contributed by atoms with E-state index in [1.54, 1.807) is 31.2 Å². The van der Waals surface area contributed by atoms with Crippen LogP contribution in [0.5, 0.6) is 5.75 Å². The number of carbonyl (C=O) groups is 4. The summed E-state index contributed by atoms with van der Waals surface area (Å²) in [6.45, 7) is 1.83. The van der Waals surface area contributed by atoms with Crippen LogP contribution in [-0.2, 0) is 14.4 Å². The highest BCUT2D eigenvalue weighted by atomic mass is 16.5. The van der Waals surface area contributed by atoms with Crippen LogP contribution in [0.2, 0.25) is 0 Å². The summed E-state index contributed by atoms with van der Waals surface area (Å²) in [5, 5.41) is 4.89. The zero-order valence-corrected chi connectivity index (χ0v) is 13.8. The zero-order valence-electron chi connectivity index (χ0n) is 13.8. The van der Waals surface area contributed by atoms with E-state index in [0.717, 1.165) is 12.8 Å². The molecule has 9 nitrogen and oxygen atoms in total. The summed E-state index contributed by atoms with van der Waals surface area (Å²) < 4.78 is 5.34. The summed E-state index contributed by atoms with van der Waals surface area (Å²) >= 11 is 0. The molecule has 0 saturated heterocycles. The van der Waals surface area contributed by atoms with Crippen LogP contribution in [0.25, 0.3) is 0 Å². The maximum absolute atomic E-state index is 12.1. The first-order chi connectivity index (χ1) is 12.0. The molecule has 0 spiro atoms. The van der Waals surface area contributed by atoms with Gasteiger partial charge in [0.15, 0.2) is 0 Å². The van der Waals surface area contributed by atoms with Gasteiger partial charge in [-0.05, 0) is 31.9 Å². The van der Waals surface area contributed by atoms with E-state index in [9.17, 15) is 19.2 Å².